The lowest BCUT2D eigenvalue weighted by atomic mass is 10.1. The summed E-state index contributed by atoms with van der Waals surface area (Å²) >= 11 is 0. The Morgan fingerprint density at radius 2 is 1.41 bits per heavy atom. The molecular weight excluding hydrogens is 348 g/mol. The van der Waals surface area contributed by atoms with E-state index in [-0.39, 0.29) is 19.6 Å². The van der Waals surface area contributed by atoms with Crippen molar-refractivity contribution < 1.29 is 4.79 Å². The molecule has 1 amide bonds. The average Bonchev–Trinajstić information content (AvgIpc) is 2.65. The van der Waals surface area contributed by atoms with E-state index in [1.807, 2.05) is 31.2 Å². The van der Waals surface area contributed by atoms with Gasteiger partial charge >= 0.3 is 17.1 Å². The largest absolute Gasteiger partial charge is 0.350 e. The van der Waals surface area contributed by atoms with E-state index in [9.17, 15) is 19.2 Å². The highest BCUT2D eigenvalue weighted by atomic mass is 16.2. The Balaban J connectivity index is 2.29. The van der Waals surface area contributed by atoms with Crippen LogP contribution in [-0.4, -0.2) is 19.6 Å². The van der Waals surface area contributed by atoms with Crippen molar-refractivity contribution in [3.8, 4) is 0 Å². The third kappa shape index (κ3) is 4.60. The van der Waals surface area contributed by atoms with Crippen LogP contribution in [0.1, 0.15) is 11.1 Å². The molecule has 1 aromatic heterocycles. The molecule has 2 rings (SSSR count). The number of rotatable bonds is 8. The van der Waals surface area contributed by atoms with Gasteiger partial charge in [-0.05, 0) is 12.5 Å². The monoisotopic (exact) mass is 370 g/mol. The topological polar surface area (TPSA) is 95.1 Å². The van der Waals surface area contributed by atoms with Crippen LogP contribution in [0, 0.1) is 6.92 Å². The fourth-order valence-corrected chi connectivity index (χ4v) is 2.49. The molecule has 27 heavy (non-hydrogen) atoms. The molecule has 8 heteroatoms. The summed E-state index contributed by atoms with van der Waals surface area (Å²) < 4.78 is 2.44. The summed E-state index contributed by atoms with van der Waals surface area (Å²) in [6, 6.07) is 7.60. The van der Waals surface area contributed by atoms with E-state index in [1.54, 1.807) is 0 Å². The summed E-state index contributed by atoms with van der Waals surface area (Å²) in [6.45, 7) is 8.60. The van der Waals surface area contributed by atoms with E-state index in [1.165, 1.54) is 12.2 Å². The van der Waals surface area contributed by atoms with Gasteiger partial charge in [0.2, 0.25) is 5.91 Å². The molecule has 0 aliphatic heterocycles. The maximum atomic E-state index is 12.5. The lowest BCUT2D eigenvalue weighted by molar-refractivity contribution is -0.122. The minimum atomic E-state index is -0.851. The van der Waals surface area contributed by atoms with E-state index in [2.05, 4.69) is 18.5 Å². The summed E-state index contributed by atoms with van der Waals surface area (Å²) in [7, 11) is 0. The second-order valence-corrected chi connectivity index (χ2v) is 5.99. The Labute approximate surface area is 155 Å². The van der Waals surface area contributed by atoms with Crippen molar-refractivity contribution in [2.75, 3.05) is 0 Å². The van der Waals surface area contributed by atoms with E-state index >= 15 is 0 Å². The first-order chi connectivity index (χ1) is 12.9. The summed E-state index contributed by atoms with van der Waals surface area (Å²) in [5.41, 5.74) is -0.474. The minimum Gasteiger partial charge on any atom is -0.350 e. The molecule has 0 aliphatic rings. The minimum absolute atomic E-state index is 0.0694. The van der Waals surface area contributed by atoms with Gasteiger partial charge in [0.15, 0.2) is 0 Å². The Morgan fingerprint density at radius 1 is 0.926 bits per heavy atom. The Morgan fingerprint density at radius 3 is 1.89 bits per heavy atom. The molecule has 0 fully saturated rings. The lowest BCUT2D eigenvalue weighted by Crippen LogP contribution is -2.55. The molecule has 0 unspecified atom stereocenters. The van der Waals surface area contributed by atoms with Gasteiger partial charge in [0.1, 0.15) is 6.54 Å². The van der Waals surface area contributed by atoms with Gasteiger partial charge in [-0.25, -0.2) is 28.1 Å². The first-order valence-corrected chi connectivity index (χ1v) is 8.37. The molecule has 0 radical (unpaired) electrons. The molecule has 0 saturated carbocycles. The van der Waals surface area contributed by atoms with Gasteiger partial charge in [-0.3, -0.25) is 4.79 Å². The van der Waals surface area contributed by atoms with Crippen LogP contribution < -0.4 is 22.4 Å². The number of carbonyl (C=O) groups is 1. The fourth-order valence-electron chi connectivity index (χ4n) is 2.49. The first-order valence-electron chi connectivity index (χ1n) is 8.37. The third-order valence-electron chi connectivity index (χ3n) is 3.92. The quantitative estimate of drug-likeness (QED) is 0.670. The number of carbonyl (C=O) groups excluding carboxylic acids is 1. The molecule has 2 aromatic rings. The van der Waals surface area contributed by atoms with Crippen LogP contribution in [0.15, 0.2) is 64.0 Å². The molecule has 1 N–H and O–H groups in total. The number of amides is 1. The van der Waals surface area contributed by atoms with E-state index in [4.69, 9.17) is 0 Å². The van der Waals surface area contributed by atoms with Gasteiger partial charge in [0.05, 0.1) is 13.1 Å². The zero-order valence-corrected chi connectivity index (χ0v) is 15.2. The maximum Gasteiger partial charge on any atom is 0.337 e. The summed E-state index contributed by atoms with van der Waals surface area (Å²) in [5, 5.41) is 2.66. The lowest BCUT2D eigenvalue weighted by Gasteiger charge is -2.12. The van der Waals surface area contributed by atoms with Gasteiger partial charge in [0, 0.05) is 6.54 Å². The maximum absolute atomic E-state index is 12.5. The molecule has 0 spiro atoms. The van der Waals surface area contributed by atoms with Crippen molar-refractivity contribution in [2.45, 2.75) is 33.1 Å². The average molecular weight is 370 g/mol. The predicted octanol–water partition coefficient (Wildman–Crippen LogP) is 0.169. The van der Waals surface area contributed by atoms with Gasteiger partial charge in [-0.15, -0.1) is 13.2 Å². The van der Waals surface area contributed by atoms with Crippen LogP contribution in [0.2, 0.25) is 0 Å². The number of hydrogen-bond donors (Lipinski definition) is 1. The highest BCUT2D eigenvalue weighted by molar-refractivity contribution is 5.75. The molecule has 8 nitrogen and oxygen atoms in total. The van der Waals surface area contributed by atoms with Crippen molar-refractivity contribution in [3.63, 3.8) is 0 Å². The molecule has 0 aliphatic carbocycles. The van der Waals surface area contributed by atoms with Crippen molar-refractivity contribution >= 4 is 5.91 Å². The number of allylic oxidation sites excluding steroid dienone is 2. The molecule has 1 heterocycles. The van der Waals surface area contributed by atoms with Gasteiger partial charge in [-0.1, -0.05) is 42.0 Å². The van der Waals surface area contributed by atoms with Crippen LogP contribution in [0.25, 0.3) is 0 Å². The van der Waals surface area contributed by atoms with Crippen LogP contribution in [0.4, 0.5) is 0 Å². The van der Waals surface area contributed by atoms with E-state index in [0.717, 1.165) is 24.8 Å². The van der Waals surface area contributed by atoms with Crippen LogP contribution >= 0.6 is 0 Å². The highest BCUT2D eigenvalue weighted by Crippen LogP contribution is 2.02. The van der Waals surface area contributed by atoms with Crippen molar-refractivity contribution in [1.82, 2.24) is 19.0 Å². The zero-order chi connectivity index (χ0) is 20.0. The number of benzene rings is 1. The highest BCUT2D eigenvalue weighted by Gasteiger charge is 2.16. The smallest absolute Gasteiger partial charge is 0.337 e. The molecule has 0 saturated heterocycles. The normalized spacial score (nSPS) is 10.4. The zero-order valence-electron chi connectivity index (χ0n) is 15.2. The van der Waals surface area contributed by atoms with Crippen LogP contribution in [0.5, 0.6) is 0 Å². The Bertz CT molecular complexity index is 977. The number of nitrogens with one attached hydrogen (secondary N) is 1. The van der Waals surface area contributed by atoms with Crippen molar-refractivity contribution in [3.05, 3.63) is 92.2 Å². The molecular formula is C19H22N4O4. The number of hydrogen-bond acceptors (Lipinski definition) is 4. The van der Waals surface area contributed by atoms with E-state index < -0.39 is 29.5 Å². The predicted molar refractivity (Wildman–Crippen MR) is 103 cm³/mol. The Kier molecular flexibility index (Phi) is 6.48. The number of nitrogens with zero attached hydrogens (tertiary/aromatic N) is 3. The fraction of sp³-hybridized carbons (Fsp3) is 0.263. The molecule has 142 valence electrons. The second-order valence-electron chi connectivity index (χ2n) is 5.99. The molecule has 0 bridgehead atoms. The van der Waals surface area contributed by atoms with Gasteiger partial charge in [-0.2, -0.15) is 0 Å². The summed E-state index contributed by atoms with van der Waals surface area (Å²) in [4.78, 5) is 49.4. The van der Waals surface area contributed by atoms with Crippen LogP contribution in [0.3, 0.4) is 0 Å². The van der Waals surface area contributed by atoms with Crippen molar-refractivity contribution in [1.29, 1.82) is 0 Å². The van der Waals surface area contributed by atoms with Crippen LogP contribution in [-0.2, 0) is 31.0 Å². The van der Waals surface area contributed by atoms with Crippen molar-refractivity contribution in [2.24, 2.45) is 0 Å². The van der Waals surface area contributed by atoms with E-state index in [0.29, 0.717) is 0 Å². The summed E-state index contributed by atoms with van der Waals surface area (Å²) in [6.07, 6.45) is 2.74. The SMILES string of the molecule is C=CCn1c(=O)n(CC=C)c(=O)n(CC(=O)NCc2ccc(C)cc2)c1=O. The summed E-state index contributed by atoms with van der Waals surface area (Å²) in [5.74, 6) is -0.510. The first kappa shape index (κ1) is 19.9. The molecule has 1 aromatic carbocycles. The third-order valence-corrected chi connectivity index (χ3v) is 3.92. The second kappa shape index (κ2) is 8.79. The van der Waals surface area contributed by atoms with Gasteiger partial charge in [0.25, 0.3) is 0 Å². The Hall–Kier alpha value is -3.42. The standard InChI is InChI=1S/C19H22N4O4/c1-4-10-21-17(25)22(11-5-2)19(27)23(18(21)26)13-16(24)20-12-15-8-6-14(3)7-9-15/h4-9H,1-2,10-13H2,3H3,(H,20,24). The molecule has 0 atom stereocenters. The van der Waals surface area contributed by atoms with Gasteiger partial charge < -0.3 is 5.32 Å². The number of aromatic nitrogens is 3. The number of aryl methyl sites for hydroxylation is 1.